The molecule has 0 saturated heterocycles. The van der Waals surface area contributed by atoms with Gasteiger partial charge >= 0.3 is 0 Å². The number of rotatable bonds is 0. The van der Waals surface area contributed by atoms with Gasteiger partial charge in [0.1, 0.15) is 0 Å². The van der Waals surface area contributed by atoms with E-state index in [0.717, 1.165) is 6.42 Å². The summed E-state index contributed by atoms with van der Waals surface area (Å²) < 4.78 is 7.23. The number of allylic oxidation sites excluding steroid dienone is 1. The predicted octanol–water partition coefficient (Wildman–Crippen LogP) is 1.33. The van der Waals surface area contributed by atoms with Crippen LogP contribution in [0.25, 0.3) is 0 Å². The molecule has 2 atom stereocenters. The zero-order valence-electron chi connectivity index (χ0n) is 6.09. The highest BCUT2D eigenvalue weighted by Crippen LogP contribution is 2.16. The smallest absolute Gasteiger partial charge is 0.0723 e. The first-order chi connectivity index (χ1) is 4.10. The highest BCUT2D eigenvalue weighted by molar-refractivity contribution is 4.95. The van der Waals surface area contributed by atoms with Crippen molar-refractivity contribution in [2.75, 3.05) is 0 Å². The number of aliphatic hydroxyl groups is 1. The molecule has 0 aromatic rings. The van der Waals surface area contributed by atoms with Crippen molar-refractivity contribution in [1.29, 1.82) is 0 Å². The minimum Gasteiger partial charge on any atom is -0.389 e. The van der Waals surface area contributed by atoms with Crippen molar-refractivity contribution in [1.82, 2.24) is 0 Å². The Morgan fingerprint density at radius 2 is 2.62 bits per heavy atom. The van der Waals surface area contributed by atoms with Crippen LogP contribution in [0.3, 0.4) is 0 Å². The lowest BCUT2D eigenvalue weighted by Gasteiger charge is -2.16. The molecule has 8 heavy (non-hydrogen) atoms. The number of hydrogen-bond acceptors (Lipinski definition) is 1. The van der Waals surface area contributed by atoms with E-state index in [-0.39, 0.29) is 0 Å². The quantitative estimate of drug-likeness (QED) is 0.470. The SMILES string of the molecule is [2H][C@@]1(O)C=CC[C@@H](C)C1. The summed E-state index contributed by atoms with van der Waals surface area (Å²) >= 11 is 0. The molecule has 0 aromatic heterocycles. The molecule has 0 spiro atoms. The van der Waals surface area contributed by atoms with E-state index in [9.17, 15) is 0 Å². The van der Waals surface area contributed by atoms with E-state index in [2.05, 4.69) is 0 Å². The summed E-state index contributed by atoms with van der Waals surface area (Å²) in [6.45, 7) is 2.04. The van der Waals surface area contributed by atoms with Crippen molar-refractivity contribution in [2.45, 2.75) is 25.8 Å². The van der Waals surface area contributed by atoms with Crippen molar-refractivity contribution >= 4 is 0 Å². The van der Waals surface area contributed by atoms with Crippen molar-refractivity contribution in [3.63, 3.8) is 0 Å². The molecule has 0 unspecified atom stereocenters. The Labute approximate surface area is 51.4 Å². The lowest BCUT2D eigenvalue weighted by molar-refractivity contribution is 0.183. The van der Waals surface area contributed by atoms with Gasteiger partial charge in [-0.2, -0.15) is 0 Å². The summed E-state index contributed by atoms with van der Waals surface area (Å²) in [5.41, 5.74) is 0. The van der Waals surface area contributed by atoms with Crippen LogP contribution in [0, 0.1) is 5.92 Å². The monoisotopic (exact) mass is 113 g/mol. The molecule has 0 aliphatic heterocycles. The Balaban J connectivity index is 2.60. The first kappa shape index (κ1) is 4.57. The molecule has 1 nitrogen and oxygen atoms in total. The highest BCUT2D eigenvalue weighted by atomic mass is 16.3. The van der Waals surface area contributed by atoms with Gasteiger partial charge in [0.15, 0.2) is 0 Å². The fraction of sp³-hybridized carbons (Fsp3) is 0.714. The molecule has 0 bridgehead atoms. The van der Waals surface area contributed by atoms with E-state index < -0.39 is 6.08 Å². The van der Waals surface area contributed by atoms with Crippen molar-refractivity contribution in [3.05, 3.63) is 12.2 Å². The van der Waals surface area contributed by atoms with E-state index in [1.165, 1.54) is 0 Å². The second-order valence-electron chi connectivity index (χ2n) is 2.44. The van der Waals surface area contributed by atoms with Gasteiger partial charge in [-0.15, -0.1) is 0 Å². The lowest BCUT2D eigenvalue weighted by atomic mass is 9.95. The first-order valence-corrected chi connectivity index (χ1v) is 3.00. The molecule has 1 heteroatoms. The lowest BCUT2D eigenvalue weighted by Crippen LogP contribution is -2.11. The maximum Gasteiger partial charge on any atom is 0.0723 e. The van der Waals surface area contributed by atoms with E-state index in [1.54, 1.807) is 6.08 Å². The van der Waals surface area contributed by atoms with Crippen LogP contribution in [0.4, 0.5) is 0 Å². The van der Waals surface area contributed by atoms with Crippen molar-refractivity contribution < 1.29 is 6.48 Å². The van der Waals surface area contributed by atoms with Gasteiger partial charge in [0.05, 0.1) is 7.45 Å². The first-order valence-electron chi connectivity index (χ1n) is 3.50. The molecule has 0 amide bonds. The Hall–Kier alpha value is -0.300. The maximum atomic E-state index is 9.12. The molecule has 0 saturated carbocycles. The Morgan fingerprint density at radius 1 is 1.88 bits per heavy atom. The van der Waals surface area contributed by atoms with Crippen LogP contribution >= 0.6 is 0 Å². The molecular weight excluding hydrogens is 100 g/mol. The Kier molecular flexibility index (Phi) is 1.32. The van der Waals surface area contributed by atoms with E-state index in [4.69, 9.17) is 6.48 Å². The van der Waals surface area contributed by atoms with Crippen LogP contribution < -0.4 is 0 Å². The molecule has 1 aliphatic rings. The third-order valence-corrected chi connectivity index (χ3v) is 1.41. The fourth-order valence-electron chi connectivity index (χ4n) is 0.945. The maximum absolute atomic E-state index is 9.12. The van der Waals surface area contributed by atoms with Gasteiger partial charge in [-0.3, -0.25) is 0 Å². The van der Waals surface area contributed by atoms with E-state index in [0.29, 0.717) is 12.3 Å². The predicted molar refractivity (Wildman–Crippen MR) is 33.5 cm³/mol. The molecule has 0 radical (unpaired) electrons. The molecule has 0 heterocycles. The van der Waals surface area contributed by atoms with Crippen LogP contribution in [-0.2, 0) is 0 Å². The summed E-state index contributed by atoms with van der Waals surface area (Å²) in [7, 11) is 0. The number of hydrogen-bond donors (Lipinski definition) is 1. The fourth-order valence-corrected chi connectivity index (χ4v) is 0.945. The van der Waals surface area contributed by atoms with Gasteiger partial charge in [0.2, 0.25) is 0 Å². The van der Waals surface area contributed by atoms with Crippen LogP contribution in [0.5, 0.6) is 0 Å². The average Bonchev–Trinajstić information content (AvgIpc) is 1.60. The summed E-state index contributed by atoms with van der Waals surface area (Å²) in [4.78, 5) is 0. The van der Waals surface area contributed by atoms with Gasteiger partial charge in [0.25, 0.3) is 0 Å². The van der Waals surface area contributed by atoms with E-state index >= 15 is 0 Å². The Bertz CT molecular complexity index is 129. The highest BCUT2D eigenvalue weighted by Gasteiger charge is 2.09. The summed E-state index contributed by atoms with van der Waals surface area (Å²) in [6, 6.07) is 0. The van der Waals surface area contributed by atoms with E-state index in [1.807, 2.05) is 13.0 Å². The molecule has 46 valence electrons. The average molecular weight is 113 g/mol. The molecule has 0 aromatic carbocycles. The van der Waals surface area contributed by atoms with Gasteiger partial charge in [0, 0.05) is 0 Å². The van der Waals surface area contributed by atoms with Crippen LogP contribution in [0.15, 0.2) is 12.2 Å². The van der Waals surface area contributed by atoms with Crippen molar-refractivity contribution in [3.8, 4) is 0 Å². The second kappa shape index (κ2) is 2.31. The minimum absolute atomic E-state index is 0.456. The molecule has 1 N–H and O–H groups in total. The van der Waals surface area contributed by atoms with Gasteiger partial charge in [-0.1, -0.05) is 19.1 Å². The topological polar surface area (TPSA) is 20.2 Å². The zero-order valence-corrected chi connectivity index (χ0v) is 5.09. The third-order valence-electron chi connectivity index (χ3n) is 1.41. The minimum atomic E-state index is -1.28. The molecular formula is C7H12O. The molecule has 1 rings (SSSR count). The molecule has 1 aliphatic carbocycles. The largest absolute Gasteiger partial charge is 0.389 e. The van der Waals surface area contributed by atoms with Gasteiger partial charge in [-0.05, 0) is 18.8 Å². The van der Waals surface area contributed by atoms with Crippen LogP contribution in [0.2, 0.25) is 0 Å². The standard InChI is InChI=1S/C7H12O/c1-6-3-2-4-7(8)5-6/h2,4,6-8H,3,5H2,1H3/t6-,7-/m1/s1/i7D. The third kappa shape index (κ3) is 1.34. The summed E-state index contributed by atoms with van der Waals surface area (Å²) in [6.07, 6.45) is 3.73. The van der Waals surface area contributed by atoms with Gasteiger partial charge < -0.3 is 5.11 Å². The molecule has 0 fully saturated rings. The Morgan fingerprint density at radius 3 is 3.00 bits per heavy atom. The van der Waals surface area contributed by atoms with Crippen molar-refractivity contribution in [2.24, 2.45) is 5.92 Å². The summed E-state index contributed by atoms with van der Waals surface area (Å²) in [5.74, 6) is 0.456. The summed E-state index contributed by atoms with van der Waals surface area (Å²) in [5, 5.41) is 9.12. The van der Waals surface area contributed by atoms with Crippen LogP contribution in [0.1, 0.15) is 21.1 Å². The van der Waals surface area contributed by atoms with Gasteiger partial charge in [-0.25, -0.2) is 0 Å². The van der Waals surface area contributed by atoms with Crippen LogP contribution in [-0.4, -0.2) is 11.2 Å². The second-order valence-corrected chi connectivity index (χ2v) is 2.44. The normalized spacial score (nSPS) is 48.8. The zero-order chi connectivity index (χ0) is 6.91.